The van der Waals surface area contributed by atoms with Gasteiger partial charge in [0.25, 0.3) is 0 Å². The first-order valence-corrected chi connectivity index (χ1v) is 10.3. The molecule has 2 aromatic rings. The van der Waals surface area contributed by atoms with Crippen LogP contribution in [0.3, 0.4) is 0 Å². The van der Waals surface area contributed by atoms with Crippen LogP contribution >= 0.6 is 0 Å². The molecule has 1 amide bonds. The molecule has 0 radical (unpaired) electrons. The molecule has 1 spiro atoms. The van der Waals surface area contributed by atoms with Gasteiger partial charge in [0.2, 0.25) is 5.91 Å². The highest BCUT2D eigenvalue weighted by atomic mass is 19.4. The van der Waals surface area contributed by atoms with Crippen molar-refractivity contribution in [3.05, 3.63) is 48.0 Å². The normalized spacial score (nSPS) is 18.5. The number of amides is 1. The molecule has 166 valence electrons. The minimum atomic E-state index is -4.73. The largest absolute Gasteiger partial charge is 0.573 e. The smallest absolute Gasteiger partial charge is 0.495 e. The molecule has 2 aliphatic heterocycles. The first kappa shape index (κ1) is 21.3. The second-order valence-electron chi connectivity index (χ2n) is 8.19. The Morgan fingerprint density at radius 2 is 1.61 bits per heavy atom. The predicted octanol–water partition coefficient (Wildman–Crippen LogP) is 4.93. The van der Waals surface area contributed by atoms with Gasteiger partial charge in [0.1, 0.15) is 11.5 Å². The quantitative estimate of drug-likeness (QED) is 0.685. The fourth-order valence-corrected chi connectivity index (χ4v) is 4.58. The molecule has 0 aliphatic carbocycles. The van der Waals surface area contributed by atoms with Gasteiger partial charge in [0.05, 0.1) is 18.2 Å². The molecular weight excluding hydrogens is 409 g/mol. The van der Waals surface area contributed by atoms with Crippen molar-refractivity contribution in [1.82, 2.24) is 0 Å². The number of hydrogen-bond acceptors (Lipinski definition) is 4. The third-order valence-electron chi connectivity index (χ3n) is 6.29. The maximum Gasteiger partial charge on any atom is 0.573 e. The van der Waals surface area contributed by atoms with E-state index >= 15 is 0 Å². The lowest BCUT2D eigenvalue weighted by Crippen LogP contribution is -2.45. The van der Waals surface area contributed by atoms with Gasteiger partial charge in [-0.3, -0.25) is 4.79 Å². The molecule has 2 saturated heterocycles. The van der Waals surface area contributed by atoms with Crippen LogP contribution in [-0.2, 0) is 4.79 Å². The molecule has 8 heteroatoms. The third-order valence-corrected chi connectivity index (χ3v) is 6.29. The second kappa shape index (κ2) is 7.98. The lowest BCUT2D eigenvalue weighted by atomic mass is 9.77. The standard InChI is InChI=1S/C23H25F3N2O3/c1-16-3-8-20(30-2)19(15-16)27-12-9-22(10-13-27)11-14-28(21(22)29)17-4-6-18(7-5-17)31-23(24,25)26/h3-8,15H,9-14H2,1-2H3. The van der Waals surface area contributed by atoms with Crippen molar-refractivity contribution in [2.45, 2.75) is 32.5 Å². The van der Waals surface area contributed by atoms with Gasteiger partial charge in [-0.25, -0.2) is 0 Å². The van der Waals surface area contributed by atoms with Gasteiger partial charge in [-0.15, -0.1) is 13.2 Å². The van der Waals surface area contributed by atoms with Crippen LogP contribution in [0.15, 0.2) is 42.5 Å². The molecule has 0 bridgehead atoms. The Balaban J connectivity index is 1.45. The lowest BCUT2D eigenvalue weighted by molar-refractivity contribution is -0.274. The topological polar surface area (TPSA) is 42.0 Å². The monoisotopic (exact) mass is 434 g/mol. The molecule has 0 N–H and O–H groups in total. The maximum atomic E-state index is 13.3. The molecule has 0 unspecified atom stereocenters. The van der Waals surface area contributed by atoms with Crippen LogP contribution in [0.1, 0.15) is 24.8 Å². The number of rotatable bonds is 4. The van der Waals surface area contributed by atoms with Crippen LogP contribution < -0.4 is 19.3 Å². The first-order chi connectivity index (χ1) is 14.7. The summed E-state index contributed by atoms with van der Waals surface area (Å²) in [5, 5.41) is 0. The third kappa shape index (κ3) is 4.29. The number of nitrogens with zero attached hydrogens (tertiary/aromatic N) is 2. The molecule has 31 heavy (non-hydrogen) atoms. The minimum absolute atomic E-state index is 0.0489. The highest BCUT2D eigenvalue weighted by molar-refractivity contribution is 6.00. The van der Waals surface area contributed by atoms with Gasteiger partial charge in [0.15, 0.2) is 0 Å². The van der Waals surface area contributed by atoms with E-state index in [9.17, 15) is 18.0 Å². The fraction of sp³-hybridized carbons (Fsp3) is 0.435. The first-order valence-electron chi connectivity index (χ1n) is 10.3. The van der Waals surface area contributed by atoms with Gasteiger partial charge in [0, 0.05) is 25.3 Å². The SMILES string of the molecule is COc1ccc(C)cc1N1CCC2(CC1)CCN(c1ccc(OC(F)(F)F)cc1)C2=O. The molecule has 0 atom stereocenters. The number of hydrogen-bond donors (Lipinski definition) is 0. The van der Waals surface area contributed by atoms with Crippen molar-refractivity contribution in [3.8, 4) is 11.5 Å². The number of carbonyl (C=O) groups is 1. The van der Waals surface area contributed by atoms with Gasteiger partial charge < -0.3 is 19.3 Å². The second-order valence-corrected chi connectivity index (χ2v) is 8.19. The Kier molecular flexibility index (Phi) is 5.49. The van der Waals surface area contributed by atoms with Crippen LogP contribution in [0.4, 0.5) is 24.5 Å². The van der Waals surface area contributed by atoms with Crippen LogP contribution in [0.2, 0.25) is 0 Å². The average Bonchev–Trinajstić information content (AvgIpc) is 3.04. The molecule has 0 aromatic heterocycles. The van der Waals surface area contributed by atoms with E-state index in [1.54, 1.807) is 12.0 Å². The Morgan fingerprint density at radius 1 is 0.968 bits per heavy atom. The predicted molar refractivity (Wildman–Crippen MR) is 112 cm³/mol. The zero-order valence-corrected chi connectivity index (χ0v) is 17.5. The van der Waals surface area contributed by atoms with Crippen molar-refractivity contribution in [1.29, 1.82) is 0 Å². The molecular formula is C23H25F3N2O3. The van der Waals surface area contributed by atoms with Crippen molar-refractivity contribution in [3.63, 3.8) is 0 Å². The summed E-state index contributed by atoms with van der Waals surface area (Å²) < 4.78 is 46.5. The molecule has 2 aliphatic rings. The van der Waals surface area contributed by atoms with E-state index in [1.165, 1.54) is 24.3 Å². The number of piperidine rings is 1. The number of benzene rings is 2. The number of aryl methyl sites for hydroxylation is 1. The summed E-state index contributed by atoms with van der Waals surface area (Å²) in [4.78, 5) is 17.2. The number of carbonyl (C=O) groups excluding carboxylic acids is 1. The zero-order chi connectivity index (χ0) is 22.2. The van der Waals surface area contributed by atoms with E-state index in [0.717, 1.165) is 49.4 Å². The molecule has 2 aromatic carbocycles. The van der Waals surface area contributed by atoms with E-state index < -0.39 is 11.8 Å². The van der Waals surface area contributed by atoms with Crippen LogP contribution in [0.5, 0.6) is 11.5 Å². The number of methoxy groups -OCH3 is 1. The molecule has 2 heterocycles. The van der Waals surface area contributed by atoms with Crippen LogP contribution in [-0.4, -0.2) is 39.0 Å². The maximum absolute atomic E-state index is 13.3. The van der Waals surface area contributed by atoms with Gasteiger partial charge in [-0.2, -0.15) is 0 Å². The summed E-state index contributed by atoms with van der Waals surface area (Å²) in [6.07, 6.45) is -2.53. The van der Waals surface area contributed by atoms with Crippen molar-refractivity contribution >= 4 is 17.3 Å². The summed E-state index contributed by atoms with van der Waals surface area (Å²) in [7, 11) is 1.66. The average molecular weight is 434 g/mol. The van der Waals surface area contributed by atoms with Crippen LogP contribution in [0, 0.1) is 12.3 Å². The van der Waals surface area contributed by atoms with Gasteiger partial charge in [-0.1, -0.05) is 6.07 Å². The summed E-state index contributed by atoms with van der Waals surface area (Å²) in [6.45, 7) is 4.10. The summed E-state index contributed by atoms with van der Waals surface area (Å²) >= 11 is 0. The number of alkyl halides is 3. The van der Waals surface area contributed by atoms with E-state index in [0.29, 0.717) is 12.2 Å². The van der Waals surface area contributed by atoms with E-state index in [-0.39, 0.29) is 11.7 Å². The molecule has 4 rings (SSSR count). The van der Waals surface area contributed by atoms with E-state index in [1.807, 2.05) is 19.1 Å². The molecule has 0 saturated carbocycles. The molecule has 2 fully saturated rings. The summed E-state index contributed by atoms with van der Waals surface area (Å²) in [5.74, 6) is 0.577. The number of halogens is 3. The van der Waals surface area contributed by atoms with Crippen molar-refractivity contribution < 1.29 is 27.4 Å². The number of anilines is 2. The van der Waals surface area contributed by atoms with Crippen LogP contribution in [0.25, 0.3) is 0 Å². The van der Waals surface area contributed by atoms with E-state index in [4.69, 9.17) is 4.74 Å². The van der Waals surface area contributed by atoms with Gasteiger partial charge in [-0.05, 0) is 68.1 Å². The summed E-state index contributed by atoms with van der Waals surface area (Å²) in [5.41, 5.74) is 2.37. The lowest BCUT2D eigenvalue weighted by Gasteiger charge is -2.39. The highest BCUT2D eigenvalue weighted by Gasteiger charge is 2.48. The Labute approximate surface area is 179 Å². The Hall–Kier alpha value is -2.90. The van der Waals surface area contributed by atoms with Crippen molar-refractivity contribution in [2.24, 2.45) is 5.41 Å². The molecule has 5 nitrogen and oxygen atoms in total. The summed E-state index contributed by atoms with van der Waals surface area (Å²) in [6, 6.07) is 11.6. The van der Waals surface area contributed by atoms with Crippen molar-refractivity contribution in [2.75, 3.05) is 36.5 Å². The zero-order valence-electron chi connectivity index (χ0n) is 17.5. The highest BCUT2D eigenvalue weighted by Crippen LogP contribution is 2.45. The van der Waals surface area contributed by atoms with E-state index in [2.05, 4.69) is 15.7 Å². The fourth-order valence-electron chi connectivity index (χ4n) is 4.58. The minimum Gasteiger partial charge on any atom is -0.495 e. The Morgan fingerprint density at radius 3 is 2.23 bits per heavy atom. The number of ether oxygens (including phenoxy) is 2. The Bertz CT molecular complexity index is 952. The van der Waals surface area contributed by atoms with Gasteiger partial charge >= 0.3 is 6.36 Å².